The average molecular weight is 457 g/mol. The molecule has 0 radical (unpaired) electrons. The van der Waals surface area contributed by atoms with Crippen LogP contribution in [0.1, 0.15) is 106 Å². The summed E-state index contributed by atoms with van der Waals surface area (Å²) in [4.78, 5) is 11.4. The smallest absolute Gasteiger partial charge is 0.307 e. The third-order valence-corrected chi connectivity index (χ3v) is 11.9. The van der Waals surface area contributed by atoms with E-state index in [1.54, 1.807) is 0 Å². The highest BCUT2D eigenvalue weighted by molar-refractivity contribution is 5.70. The molecule has 0 aromatic carbocycles. The molecule has 3 nitrogen and oxygen atoms in total. The lowest BCUT2D eigenvalue weighted by molar-refractivity contribution is -0.137. The first kappa shape index (κ1) is 25.0. The van der Waals surface area contributed by atoms with Crippen molar-refractivity contribution in [3.8, 4) is 0 Å². The second kappa shape index (κ2) is 8.25. The molecule has 2 N–H and O–H groups in total. The molecule has 3 heteroatoms. The number of fused-ring (bicyclic) bond motifs is 2. The van der Waals surface area contributed by atoms with Crippen molar-refractivity contribution in [3.63, 3.8) is 0 Å². The fourth-order valence-corrected chi connectivity index (χ4v) is 10.3. The highest BCUT2D eigenvalue weighted by atomic mass is 16.4. The standard InChI is InChI=1S/C30H48O3/c1-8-29-18-30(29)14-13-27(6)23(20(4)16-22(31)15-19(2)3)11-12-28(27,7)25(30)10-9-24(29)21(5)17-26(32)33/h15,20,22-25,31H,5,8-14,16-18H2,1-4,6-7H3,(H,32,33)/t20-,22?,23-,24+,25+,27-,28+,29-,30+/m1/s1. The topological polar surface area (TPSA) is 57.5 Å². The first-order chi connectivity index (χ1) is 15.4. The molecule has 4 aliphatic carbocycles. The summed E-state index contributed by atoms with van der Waals surface area (Å²) in [6, 6.07) is 0. The van der Waals surface area contributed by atoms with Gasteiger partial charge in [-0.25, -0.2) is 0 Å². The number of aliphatic hydroxyl groups is 1. The molecule has 1 unspecified atom stereocenters. The number of rotatable bonds is 8. The van der Waals surface area contributed by atoms with Gasteiger partial charge in [0.1, 0.15) is 0 Å². The lowest BCUT2D eigenvalue weighted by atomic mass is 9.43. The SMILES string of the molecule is C=C(CC(=O)O)[C@@H]1CC[C@@H]2[C@]3(CC[C@]4(C)[C@@H]([C@H](C)CC(O)C=C(C)C)CC[C@@]24C)C[C@]13CC. The normalized spacial score (nSPS) is 45.2. The molecule has 1 spiro atoms. The number of allylic oxidation sites excluding steroid dienone is 1. The van der Waals surface area contributed by atoms with Gasteiger partial charge in [0.2, 0.25) is 0 Å². The molecule has 4 fully saturated rings. The molecule has 0 aromatic heterocycles. The number of hydrogen-bond acceptors (Lipinski definition) is 2. The van der Waals surface area contributed by atoms with Gasteiger partial charge in [0, 0.05) is 0 Å². The van der Waals surface area contributed by atoms with E-state index in [1.165, 1.54) is 44.1 Å². The largest absolute Gasteiger partial charge is 0.481 e. The zero-order valence-electron chi connectivity index (χ0n) is 22.0. The van der Waals surface area contributed by atoms with Gasteiger partial charge in [-0.2, -0.15) is 0 Å². The summed E-state index contributed by atoms with van der Waals surface area (Å²) >= 11 is 0. The summed E-state index contributed by atoms with van der Waals surface area (Å²) in [6.45, 7) is 18.4. The van der Waals surface area contributed by atoms with E-state index in [2.05, 4.69) is 48.1 Å². The van der Waals surface area contributed by atoms with E-state index in [0.717, 1.165) is 30.8 Å². The summed E-state index contributed by atoms with van der Waals surface area (Å²) in [6.07, 6.45) is 12.7. The Hall–Kier alpha value is -1.09. The summed E-state index contributed by atoms with van der Waals surface area (Å²) in [5.74, 6) is 1.61. The Balaban J connectivity index is 1.58. The van der Waals surface area contributed by atoms with Gasteiger partial charge < -0.3 is 10.2 Å². The number of aliphatic hydroxyl groups excluding tert-OH is 1. The Kier molecular flexibility index (Phi) is 6.25. The van der Waals surface area contributed by atoms with Crippen molar-refractivity contribution in [2.24, 2.45) is 45.3 Å². The molecule has 4 aliphatic rings. The average Bonchev–Trinajstić information content (AvgIpc) is 3.31. The Morgan fingerprint density at radius 2 is 1.82 bits per heavy atom. The fraction of sp³-hybridized carbons (Fsp3) is 0.833. The number of aliphatic carboxylic acids is 1. The number of carbonyl (C=O) groups is 1. The Morgan fingerprint density at radius 3 is 2.42 bits per heavy atom. The van der Waals surface area contributed by atoms with E-state index in [9.17, 15) is 15.0 Å². The molecule has 0 heterocycles. The van der Waals surface area contributed by atoms with E-state index >= 15 is 0 Å². The summed E-state index contributed by atoms with van der Waals surface area (Å²) < 4.78 is 0. The maximum atomic E-state index is 11.4. The summed E-state index contributed by atoms with van der Waals surface area (Å²) in [7, 11) is 0. The van der Waals surface area contributed by atoms with Crippen LogP contribution in [0.4, 0.5) is 0 Å². The fourth-order valence-electron chi connectivity index (χ4n) is 10.3. The van der Waals surface area contributed by atoms with Gasteiger partial charge in [0.05, 0.1) is 12.5 Å². The van der Waals surface area contributed by atoms with Gasteiger partial charge >= 0.3 is 5.97 Å². The highest BCUT2D eigenvalue weighted by Gasteiger charge is 2.79. The van der Waals surface area contributed by atoms with Gasteiger partial charge in [-0.15, -0.1) is 0 Å². The van der Waals surface area contributed by atoms with Crippen LogP contribution in [0.25, 0.3) is 0 Å². The van der Waals surface area contributed by atoms with Gasteiger partial charge in [0.15, 0.2) is 0 Å². The van der Waals surface area contributed by atoms with E-state index in [4.69, 9.17) is 0 Å². The van der Waals surface area contributed by atoms with Crippen molar-refractivity contribution in [3.05, 3.63) is 23.8 Å². The zero-order valence-corrected chi connectivity index (χ0v) is 22.0. The minimum atomic E-state index is -0.728. The second-order valence-electron chi connectivity index (χ2n) is 13.3. The van der Waals surface area contributed by atoms with Crippen molar-refractivity contribution in [1.82, 2.24) is 0 Å². The molecule has 0 aliphatic heterocycles. The maximum Gasteiger partial charge on any atom is 0.307 e. The third-order valence-electron chi connectivity index (χ3n) is 11.9. The number of carboxylic acid groups (broad SMARTS) is 1. The van der Waals surface area contributed by atoms with Crippen molar-refractivity contribution < 1.29 is 15.0 Å². The molecule has 0 amide bonds. The van der Waals surface area contributed by atoms with Crippen LogP contribution in [-0.2, 0) is 4.79 Å². The van der Waals surface area contributed by atoms with Crippen LogP contribution in [0.5, 0.6) is 0 Å². The van der Waals surface area contributed by atoms with Crippen LogP contribution in [0.15, 0.2) is 23.8 Å². The molecule has 4 rings (SSSR count). The molecular formula is C30H48O3. The van der Waals surface area contributed by atoms with Crippen molar-refractivity contribution in [2.45, 2.75) is 112 Å². The van der Waals surface area contributed by atoms with E-state index in [-0.39, 0.29) is 17.9 Å². The predicted molar refractivity (Wildman–Crippen MR) is 135 cm³/mol. The monoisotopic (exact) mass is 456 g/mol. The predicted octanol–water partition coefficient (Wildman–Crippen LogP) is 7.40. The highest BCUT2D eigenvalue weighted by Crippen LogP contribution is 2.87. The molecular weight excluding hydrogens is 408 g/mol. The lowest BCUT2D eigenvalue weighted by Crippen LogP contribution is -2.54. The molecule has 9 atom stereocenters. The third kappa shape index (κ3) is 3.50. The van der Waals surface area contributed by atoms with Crippen LogP contribution >= 0.6 is 0 Å². The van der Waals surface area contributed by atoms with E-state index < -0.39 is 5.97 Å². The van der Waals surface area contributed by atoms with Crippen molar-refractivity contribution >= 4 is 5.97 Å². The number of carboxylic acids is 1. The number of hydrogen-bond donors (Lipinski definition) is 2. The van der Waals surface area contributed by atoms with E-state index in [1.807, 2.05) is 6.08 Å². The Morgan fingerprint density at radius 1 is 1.12 bits per heavy atom. The van der Waals surface area contributed by atoms with Crippen LogP contribution < -0.4 is 0 Å². The first-order valence-electron chi connectivity index (χ1n) is 13.6. The first-order valence-corrected chi connectivity index (χ1v) is 13.6. The molecule has 0 bridgehead atoms. The molecule has 4 saturated carbocycles. The Labute approximate surface area is 202 Å². The van der Waals surface area contributed by atoms with Gasteiger partial charge in [0.25, 0.3) is 0 Å². The van der Waals surface area contributed by atoms with Crippen LogP contribution in [-0.4, -0.2) is 22.3 Å². The summed E-state index contributed by atoms with van der Waals surface area (Å²) in [5.41, 5.74) is 3.55. The minimum absolute atomic E-state index is 0.135. The van der Waals surface area contributed by atoms with Crippen LogP contribution in [0, 0.1) is 45.3 Å². The van der Waals surface area contributed by atoms with Crippen molar-refractivity contribution in [1.29, 1.82) is 0 Å². The molecule has 0 saturated heterocycles. The molecule has 0 aromatic rings. The molecule has 33 heavy (non-hydrogen) atoms. The minimum Gasteiger partial charge on any atom is -0.481 e. The van der Waals surface area contributed by atoms with Gasteiger partial charge in [-0.05, 0) is 117 Å². The van der Waals surface area contributed by atoms with Crippen molar-refractivity contribution in [2.75, 3.05) is 0 Å². The quantitative estimate of drug-likeness (QED) is 0.374. The van der Waals surface area contributed by atoms with Crippen LogP contribution in [0.3, 0.4) is 0 Å². The van der Waals surface area contributed by atoms with Gasteiger partial charge in [-0.1, -0.05) is 51.5 Å². The zero-order chi connectivity index (χ0) is 24.4. The second-order valence-corrected chi connectivity index (χ2v) is 13.3. The lowest BCUT2D eigenvalue weighted by Gasteiger charge is -2.61. The van der Waals surface area contributed by atoms with Crippen LogP contribution in [0.2, 0.25) is 0 Å². The molecule has 186 valence electrons. The Bertz CT molecular complexity index is 839. The van der Waals surface area contributed by atoms with Gasteiger partial charge in [-0.3, -0.25) is 4.79 Å². The maximum absolute atomic E-state index is 11.4. The van der Waals surface area contributed by atoms with E-state index in [0.29, 0.717) is 34.0 Å². The summed E-state index contributed by atoms with van der Waals surface area (Å²) in [5, 5.41) is 20.0.